The summed E-state index contributed by atoms with van der Waals surface area (Å²) < 4.78 is 6.19. The van der Waals surface area contributed by atoms with E-state index in [1.807, 2.05) is 4.90 Å². The van der Waals surface area contributed by atoms with Gasteiger partial charge in [-0.2, -0.15) is 0 Å². The number of thiocarbonyl (C=S) groups is 1. The molecule has 0 aromatic carbocycles. The molecule has 0 atom stereocenters. The Morgan fingerprint density at radius 2 is 2.05 bits per heavy atom. The van der Waals surface area contributed by atoms with Crippen LogP contribution in [-0.4, -0.2) is 88.6 Å². The second-order valence-electron chi connectivity index (χ2n) is 4.62. The van der Waals surface area contributed by atoms with Crippen LogP contribution in [0, 0.1) is 0 Å². The van der Waals surface area contributed by atoms with Crippen molar-refractivity contribution in [1.29, 1.82) is 0 Å². The Morgan fingerprint density at radius 3 is 2.74 bits per heavy atom. The fourth-order valence-electron chi connectivity index (χ4n) is 2.11. The number of ether oxygens (including phenoxy) is 1. The zero-order valence-electron chi connectivity index (χ0n) is 10.8. The molecular formula is C11H19N3O3S2. The maximum atomic E-state index is 10.7. The van der Waals surface area contributed by atoms with Crippen LogP contribution in [0.5, 0.6) is 0 Å². The summed E-state index contributed by atoms with van der Waals surface area (Å²) in [6, 6.07) is 0. The van der Waals surface area contributed by atoms with E-state index in [-0.39, 0.29) is 6.54 Å². The molecule has 2 heterocycles. The SMILES string of the molecule is O=C(O)CN1CSC(=S)N(CCN2CCOCC2)C1. The van der Waals surface area contributed by atoms with E-state index in [0.717, 1.165) is 43.7 Å². The van der Waals surface area contributed by atoms with Crippen molar-refractivity contribution in [2.45, 2.75) is 0 Å². The van der Waals surface area contributed by atoms with Crippen molar-refractivity contribution in [3.63, 3.8) is 0 Å². The Kier molecular flexibility index (Phi) is 5.83. The number of hydrogen-bond acceptors (Lipinski definition) is 6. The summed E-state index contributed by atoms with van der Waals surface area (Å²) in [6.45, 7) is 6.01. The molecule has 2 aliphatic rings. The first-order chi connectivity index (χ1) is 9.15. The summed E-state index contributed by atoms with van der Waals surface area (Å²) in [4.78, 5) is 17.1. The molecule has 0 aliphatic carbocycles. The molecule has 0 spiro atoms. The van der Waals surface area contributed by atoms with E-state index >= 15 is 0 Å². The van der Waals surface area contributed by atoms with E-state index in [1.165, 1.54) is 11.8 Å². The van der Waals surface area contributed by atoms with Crippen LogP contribution in [0.3, 0.4) is 0 Å². The first-order valence-corrected chi connectivity index (χ1v) is 7.70. The van der Waals surface area contributed by atoms with Crippen molar-refractivity contribution >= 4 is 34.3 Å². The van der Waals surface area contributed by atoms with Crippen molar-refractivity contribution in [3.05, 3.63) is 0 Å². The molecule has 0 radical (unpaired) electrons. The minimum Gasteiger partial charge on any atom is -0.480 e. The summed E-state index contributed by atoms with van der Waals surface area (Å²) >= 11 is 6.87. The molecular weight excluding hydrogens is 286 g/mol. The second-order valence-corrected chi connectivity index (χ2v) is 6.20. The zero-order valence-corrected chi connectivity index (χ0v) is 12.4. The maximum Gasteiger partial charge on any atom is 0.317 e. The molecule has 0 aromatic rings. The van der Waals surface area contributed by atoms with E-state index in [9.17, 15) is 4.79 Å². The minimum atomic E-state index is -0.790. The summed E-state index contributed by atoms with van der Waals surface area (Å²) in [5.41, 5.74) is 0. The predicted molar refractivity (Wildman–Crippen MR) is 78.2 cm³/mol. The van der Waals surface area contributed by atoms with Crippen LogP contribution in [-0.2, 0) is 9.53 Å². The standard InChI is InChI=1S/C11H19N3O3S2/c15-10(16)7-13-8-14(11(18)19-9-13)2-1-12-3-5-17-6-4-12/h1-9H2,(H,15,16). The van der Waals surface area contributed by atoms with Crippen molar-refractivity contribution in [2.75, 3.05) is 58.5 Å². The summed E-state index contributed by atoms with van der Waals surface area (Å²) in [6.07, 6.45) is 0. The molecule has 2 rings (SSSR count). The van der Waals surface area contributed by atoms with Crippen molar-refractivity contribution in [2.24, 2.45) is 0 Å². The van der Waals surface area contributed by atoms with Crippen molar-refractivity contribution < 1.29 is 14.6 Å². The van der Waals surface area contributed by atoms with E-state index < -0.39 is 5.97 Å². The molecule has 6 nitrogen and oxygen atoms in total. The lowest BCUT2D eigenvalue weighted by Crippen LogP contribution is -2.49. The monoisotopic (exact) mass is 305 g/mol. The van der Waals surface area contributed by atoms with Gasteiger partial charge in [0.25, 0.3) is 0 Å². The highest BCUT2D eigenvalue weighted by Crippen LogP contribution is 2.18. The number of thioether (sulfide) groups is 1. The Labute approximate surface area is 122 Å². The highest BCUT2D eigenvalue weighted by atomic mass is 32.2. The van der Waals surface area contributed by atoms with Crippen LogP contribution in [0.4, 0.5) is 0 Å². The molecule has 108 valence electrons. The number of rotatable bonds is 5. The first-order valence-electron chi connectivity index (χ1n) is 6.31. The topological polar surface area (TPSA) is 56.2 Å². The summed E-state index contributed by atoms with van der Waals surface area (Å²) in [7, 11) is 0. The Balaban J connectivity index is 1.76. The minimum absolute atomic E-state index is 0.0731. The van der Waals surface area contributed by atoms with E-state index in [0.29, 0.717) is 12.5 Å². The average molecular weight is 305 g/mol. The van der Waals surface area contributed by atoms with E-state index in [4.69, 9.17) is 22.1 Å². The van der Waals surface area contributed by atoms with Gasteiger partial charge in [-0.15, -0.1) is 0 Å². The second kappa shape index (κ2) is 7.39. The lowest BCUT2D eigenvalue weighted by Gasteiger charge is -2.37. The van der Waals surface area contributed by atoms with E-state index in [1.54, 1.807) is 0 Å². The van der Waals surface area contributed by atoms with Crippen molar-refractivity contribution in [3.8, 4) is 0 Å². The average Bonchev–Trinajstić information content (AvgIpc) is 2.40. The number of aliphatic carboxylic acids is 1. The zero-order chi connectivity index (χ0) is 13.7. The molecule has 0 unspecified atom stereocenters. The van der Waals surface area contributed by atoms with Gasteiger partial charge >= 0.3 is 5.97 Å². The third kappa shape index (κ3) is 4.88. The molecule has 8 heteroatoms. The fourth-order valence-corrected chi connectivity index (χ4v) is 3.22. The number of carboxylic acid groups (broad SMARTS) is 1. The smallest absolute Gasteiger partial charge is 0.317 e. The van der Waals surface area contributed by atoms with Gasteiger partial charge in [0.05, 0.1) is 32.3 Å². The molecule has 0 aromatic heterocycles. The van der Waals surface area contributed by atoms with Crippen LogP contribution < -0.4 is 0 Å². The van der Waals surface area contributed by atoms with Crippen LogP contribution in [0.25, 0.3) is 0 Å². The van der Waals surface area contributed by atoms with Gasteiger partial charge in [0.15, 0.2) is 0 Å². The molecule has 2 aliphatic heterocycles. The number of carbonyl (C=O) groups is 1. The largest absolute Gasteiger partial charge is 0.480 e. The molecule has 2 fully saturated rings. The maximum absolute atomic E-state index is 10.7. The summed E-state index contributed by atoms with van der Waals surface area (Å²) in [5.74, 6) is -0.124. The number of hydrogen-bond donors (Lipinski definition) is 1. The van der Waals surface area contributed by atoms with Gasteiger partial charge in [-0.3, -0.25) is 14.6 Å². The van der Waals surface area contributed by atoms with Crippen molar-refractivity contribution in [1.82, 2.24) is 14.7 Å². The Morgan fingerprint density at radius 1 is 1.32 bits per heavy atom. The number of carboxylic acids is 1. The molecule has 0 saturated carbocycles. The Bertz CT molecular complexity index is 337. The van der Waals surface area contributed by atoms with E-state index in [2.05, 4.69) is 9.80 Å². The number of nitrogens with zero attached hydrogens (tertiary/aromatic N) is 3. The molecule has 0 bridgehead atoms. The summed E-state index contributed by atoms with van der Waals surface area (Å²) in [5, 5.41) is 8.83. The normalized spacial score (nSPS) is 22.7. The first kappa shape index (κ1) is 15.0. The van der Waals surface area contributed by atoms with Gasteiger partial charge in [-0.25, -0.2) is 0 Å². The molecule has 2 saturated heterocycles. The highest BCUT2D eigenvalue weighted by Gasteiger charge is 2.23. The van der Waals surface area contributed by atoms with Gasteiger partial charge in [-0.1, -0.05) is 24.0 Å². The molecule has 0 amide bonds. The van der Waals surface area contributed by atoms with Crippen LogP contribution in [0.1, 0.15) is 0 Å². The quantitative estimate of drug-likeness (QED) is 0.710. The molecule has 1 N–H and O–H groups in total. The highest BCUT2D eigenvalue weighted by molar-refractivity contribution is 8.22. The molecule has 19 heavy (non-hydrogen) atoms. The Hall–Kier alpha value is -0.410. The van der Waals surface area contributed by atoms with Gasteiger partial charge in [-0.05, 0) is 0 Å². The van der Waals surface area contributed by atoms with Gasteiger partial charge in [0, 0.05) is 26.2 Å². The fraction of sp³-hybridized carbons (Fsp3) is 0.818. The third-order valence-corrected chi connectivity index (χ3v) is 4.76. The lowest BCUT2D eigenvalue weighted by atomic mass is 10.4. The third-order valence-electron chi connectivity index (χ3n) is 3.15. The van der Waals surface area contributed by atoms with Crippen LogP contribution in [0.15, 0.2) is 0 Å². The lowest BCUT2D eigenvalue weighted by molar-refractivity contribution is -0.138. The van der Waals surface area contributed by atoms with Crippen LogP contribution >= 0.6 is 24.0 Å². The van der Waals surface area contributed by atoms with Gasteiger partial charge < -0.3 is 14.7 Å². The van der Waals surface area contributed by atoms with Gasteiger partial charge in [0.1, 0.15) is 4.32 Å². The number of morpholine rings is 1. The van der Waals surface area contributed by atoms with Gasteiger partial charge in [0.2, 0.25) is 0 Å². The predicted octanol–water partition coefficient (Wildman–Crippen LogP) is -0.0461. The van der Waals surface area contributed by atoms with Crippen LogP contribution in [0.2, 0.25) is 0 Å².